The van der Waals surface area contributed by atoms with Crippen molar-refractivity contribution < 1.29 is 14.9 Å². The minimum atomic E-state index is -0.491. The van der Waals surface area contributed by atoms with Gasteiger partial charge in [0, 0.05) is 17.4 Å². The van der Waals surface area contributed by atoms with E-state index in [0.717, 1.165) is 30.7 Å². The minimum Gasteiger partial charge on any atom is -0.390 e. The molecule has 0 spiro atoms. The van der Waals surface area contributed by atoms with Crippen molar-refractivity contribution in [2.24, 2.45) is 0 Å². The standard InChI is InChI=1S/C22H25N9O2S/c1-2-3-6-14-28-29-22(34-14)31-15(33)8-12-16-13(9-23)20(30-7-4-5-11(32)10-30)26-18(24)17(16)19(25)27-21(12)31/h11,32H,2-8,10H2,1H3,(H2,24,26)(H2,25,27)/p+1/t11-/m1/s1. The van der Waals surface area contributed by atoms with Crippen LogP contribution in [0.2, 0.25) is 0 Å². The summed E-state index contributed by atoms with van der Waals surface area (Å²) in [7, 11) is 0. The van der Waals surface area contributed by atoms with Gasteiger partial charge in [0.2, 0.25) is 22.7 Å². The fourth-order valence-electron chi connectivity index (χ4n) is 4.71. The normalized spacial score (nSPS) is 17.9. The molecule has 5 rings (SSSR count). The summed E-state index contributed by atoms with van der Waals surface area (Å²) in [5, 5.41) is 31.0. The van der Waals surface area contributed by atoms with Crippen molar-refractivity contribution in [2.45, 2.75) is 51.6 Å². The van der Waals surface area contributed by atoms with E-state index in [2.05, 4.69) is 33.2 Å². The molecule has 1 saturated heterocycles. The van der Waals surface area contributed by atoms with Crippen LogP contribution in [0.4, 0.5) is 28.4 Å². The van der Waals surface area contributed by atoms with Crippen LogP contribution in [0.3, 0.4) is 0 Å². The molecule has 0 saturated carbocycles. The van der Waals surface area contributed by atoms with Crippen LogP contribution in [0.5, 0.6) is 0 Å². The number of piperidine rings is 1. The summed E-state index contributed by atoms with van der Waals surface area (Å²) >= 11 is 1.36. The maximum atomic E-state index is 13.1. The van der Waals surface area contributed by atoms with E-state index in [4.69, 9.17) is 11.5 Å². The Hall–Kier alpha value is -3.56. The number of amides is 1. The molecule has 0 radical (unpaired) electrons. The third kappa shape index (κ3) is 3.57. The van der Waals surface area contributed by atoms with E-state index in [-0.39, 0.29) is 24.0 Å². The summed E-state index contributed by atoms with van der Waals surface area (Å²) in [4.78, 5) is 24.1. The van der Waals surface area contributed by atoms with Crippen molar-refractivity contribution in [1.82, 2.24) is 15.2 Å². The molecule has 5 heterocycles. The topological polar surface area (TPSA) is 172 Å². The fraction of sp³-hybridized carbons (Fsp3) is 0.455. The highest BCUT2D eigenvalue weighted by Crippen LogP contribution is 2.43. The second-order valence-corrected chi connectivity index (χ2v) is 9.69. The number of aryl methyl sites for hydroxylation is 1. The van der Waals surface area contributed by atoms with Gasteiger partial charge in [0.15, 0.2) is 0 Å². The number of aromatic nitrogens is 4. The Kier molecular flexibility index (Phi) is 5.66. The van der Waals surface area contributed by atoms with Crippen molar-refractivity contribution in [2.75, 3.05) is 34.4 Å². The van der Waals surface area contributed by atoms with Crippen LogP contribution in [0.25, 0.3) is 10.8 Å². The number of fused-ring (bicyclic) bond motifs is 3. The van der Waals surface area contributed by atoms with Gasteiger partial charge in [0.1, 0.15) is 28.3 Å². The molecule has 0 aromatic carbocycles. The number of aliphatic hydroxyl groups excluding tert-OH is 1. The molecule has 3 aromatic rings. The van der Waals surface area contributed by atoms with Crippen LogP contribution in [0.1, 0.15) is 48.7 Å². The Labute approximate surface area is 200 Å². The molecule has 11 nitrogen and oxygen atoms in total. The molecule has 176 valence electrons. The van der Waals surface area contributed by atoms with Crippen molar-refractivity contribution in [3.63, 3.8) is 0 Å². The Morgan fingerprint density at radius 2 is 2.15 bits per heavy atom. The SMILES string of the molecule is CCCCc1nnc(N2C(=O)Cc3c2nc(N)c2c(N)[nH+]c(N4CCC[C@@H](O)C4)c(C#N)c32)s1. The number of nitrogens with zero attached hydrogens (tertiary/aromatic N) is 6. The monoisotopic (exact) mass is 480 g/mol. The third-order valence-electron chi connectivity index (χ3n) is 6.32. The van der Waals surface area contributed by atoms with E-state index in [0.29, 0.717) is 58.2 Å². The van der Waals surface area contributed by atoms with Crippen LogP contribution in [0, 0.1) is 11.3 Å². The number of nitriles is 1. The number of nitrogens with one attached hydrogen (secondary N) is 1. The Bertz CT molecular complexity index is 1330. The molecule has 1 amide bonds. The van der Waals surface area contributed by atoms with E-state index < -0.39 is 6.10 Å². The first-order chi connectivity index (χ1) is 16.4. The Balaban J connectivity index is 1.68. The van der Waals surface area contributed by atoms with Crippen LogP contribution in [-0.4, -0.2) is 45.4 Å². The zero-order valence-corrected chi connectivity index (χ0v) is 19.7. The molecular formula is C22H26N9O2S+. The van der Waals surface area contributed by atoms with Crippen molar-refractivity contribution >= 4 is 56.4 Å². The summed E-state index contributed by atoms with van der Waals surface area (Å²) in [6.07, 6.45) is 3.88. The lowest BCUT2D eigenvalue weighted by Gasteiger charge is -2.28. The number of carbonyl (C=O) groups excluding carboxylic acids is 1. The fourth-order valence-corrected chi connectivity index (χ4v) is 5.61. The van der Waals surface area contributed by atoms with Gasteiger partial charge in [-0.2, -0.15) is 5.26 Å². The van der Waals surface area contributed by atoms with Crippen LogP contribution in [0.15, 0.2) is 0 Å². The number of anilines is 5. The second-order valence-electron chi connectivity index (χ2n) is 8.65. The first kappa shape index (κ1) is 22.2. The molecule has 12 heteroatoms. The van der Waals surface area contributed by atoms with Crippen LogP contribution < -0.4 is 26.3 Å². The minimum absolute atomic E-state index is 0.0448. The number of hydrogen-bond acceptors (Lipinski definition) is 10. The van der Waals surface area contributed by atoms with Crippen molar-refractivity contribution in [1.29, 1.82) is 5.26 Å². The second kappa shape index (κ2) is 8.66. The van der Waals surface area contributed by atoms with Gasteiger partial charge in [-0.3, -0.25) is 9.69 Å². The maximum Gasteiger partial charge on any atom is 0.240 e. The van der Waals surface area contributed by atoms with E-state index in [1.807, 2.05) is 4.90 Å². The first-order valence-corrected chi connectivity index (χ1v) is 12.2. The van der Waals surface area contributed by atoms with Gasteiger partial charge in [-0.05, 0) is 19.3 Å². The molecule has 2 aliphatic heterocycles. The predicted octanol–water partition coefficient (Wildman–Crippen LogP) is 1.46. The Morgan fingerprint density at radius 3 is 2.88 bits per heavy atom. The van der Waals surface area contributed by atoms with Gasteiger partial charge in [-0.1, -0.05) is 24.7 Å². The van der Waals surface area contributed by atoms with Crippen molar-refractivity contribution in [3.05, 3.63) is 16.1 Å². The molecule has 3 aromatic heterocycles. The smallest absolute Gasteiger partial charge is 0.240 e. The lowest BCUT2D eigenvalue weighted by Crippen LogP contribution is -2.42. The lowest BCUT2D eigenvalue weighted by atomic mass is 9.99. The number of unbranched alkanes of at least 4 members (excludes halogenated alkanes) is 1. The van der Waals surface area contributed by atoms with E-state index >= 15 is 0 Å². The summed E-state index contributed by atoms with van der Waals surface area (Å²) < 4.78 is 0. The predicted molar refractivity (Wildman–Crippen MR) is 129 cm³/mol. The zero-order valence-electron chi connectivity index (χ0n) is 18.8. The van der Waals surface area contributed by atoms with E-state index in [1.54, 1.807) is 0 Å². The number of hydrogen-bond donors (Lipinski definition) is 3. The van der Waals surface area contributed by atoms with E-state index in [1.165, 1.54) is 16.2 Å². The molecule has 34 heavy (non-hydrogen) atoms. The number of H-pyrrole nitrogens is 1. The highest BCUT2D eigenvalue weighted by atomic mass is 32.1. The number of carbonyl (C=O) groups is 1. The summed E-state index contributed by atoms with van der Waals surface area (Å²) in [6.45, 7) is 3.16. The quantitative estimate of drug-likeness (QED) is 0.488. The van der Waals surface area contributed by atoms with E-state index in [9.17, 15) is 15.2 Å². The number of pyridine rings is 2. The number of rotatable bonds is 5. The largest absolute Gasteiger partial charge is 0.390 e. The molecular weight excluding hydrogens is 454 g/mol. The molecule has 1 atom stereocenters. The van der Waals surface area contributed by atoms with Crippen LogP contribution >= 0.6 is 11.3 Å². The van der Waals surface area contributed by atoms with Gasteiger partial charge < -0.3 is 16.6 Å². The van der Waals surface area contributed by atoms with Gasteiger partial charge in [0.05, 0.1) is 31.0 Å². The zero-order chi connectivity index (χ0) is 24.0. The number of β-amino-alcohol motifs (C(OH)–C–C–N with tert-alkyl or cyclic N) is 1. The summed E-state index contributed by atoms with van der Waals surface area (Å²) in [6, 6.07) is 2.28. The highest BCUT2D eigenvalue weighted by Gasteiger charge is 2.38. The number of aromatic amines is 1. The number of aliphatic hydroxyl groups is 1. The summed E-state index contributed by atoms with van der Waals surface area (Å²) in [5.41, 5.74) is 13.6. The number of nitrogens with two attached hydrogens (primary N) is 2. The van der Waals surface area contributed by atoms with Gasteiger partial charge in [-0.15, -0.1) is 10.2 Å². The average Bonchev–Trinajstić information content (AvgIpc) is 3.40. The van der Waals surface area contributed by atoms with Gasteiger partial charge >= 0.3 is 0 Å². The number of nitrogen functional groups attached to an aromatic ring is 2. The Morgan fingerprint density at radius 1 is 1.32 bits per heavy atom. The average molecular weight is 481 g/mol. The molecule has 2 aliphatic rings. The molecule has 1 fully saturated rings. The first-order valence-electron chi connectivity index (χ1n) is 11.4. The molecule has 0 unspecified atom stereocenters. The summed E-state index contributed by atoms with van der Waals surface area (Å²) in [5.74, 6) is 1.06. The molecule has 6 N–H and O–H groups in total. The third-order valence-corrected chi connectivity index (χ3v) is 7.29. The van der Waals surface area contributed by atoms with Gasteiger partial charge in [0.25, 0.3) is 0 Å². The maximum absolute atomic E-state index is 13.1. The molecule has 0 aliphatic carbocycles. The van der Waals surface area contributed by atoms with Crippen LogP contribution in [-0.2, 0) is 17.6 Å². The highest BCUT2D eigenvalue weighted by molar-refractivity contribution is 7.15. The van der Waals surface area contributed by atoms with Crippen molar-refractivity contribution in [3.8, 4) is 6.07 Å². The lowest BCUT2D eigenvalue weighted by molar-refractivity contribution is -0.345. The van der Waals surface area contributed by atoms with Gasteiger partial charge in [-0.25, -0.2) is 14.9 Å². The molecule has 0 bridgehead atoms.